The van der Waals surface area contributed by atoms with Gasteiger partial charge in [0.2, 0.25) is 5.90 Å². The summed E-state index contributed by atoms with van der Waals surface area (Å²) in [4.78, 5) is 26.3. The van der Waals surface area contributed by atoms with Crippen LogP contribution in [0.1, 0.15) is 11.1 Å². The van der Waals surface area contributed by atoms with Crippen molar-refractivity contribution in [3.63, 3.8) is 0 Å². The Kier molecular flexibility index (Phi) is 4.63. The Balaban J connectivity index is 1.94. The van der Waals surface area contributed by atoms with Crippen LogP contribution in [-0.2, 0) is 9.53 Å². The van der Waals surface area contributed by atoms with Crippen LogP contribution in [0.4, 0.5) is 5.69 Å². The van der Waals surface area contributed by atoms with Crippen LogP contribution in [0.5, 0.6) is 0 Å². The highest BCUT2D eigenvalue weighted by atomic mass is 127. The lowest BCUT2D eigenvalue weighted by atomic mass is 10.2. The largest absolute Gasteiger partial charge is 0.402 e. The first-order valence-electron chi connectivity index (χ1n) is 6.66. The van der Waals surface area contributed by atoms with Gasteiger partial charge in [-0.05, 0) is 52.4 Å². The van der Waals surface area contributed by atoms with Crippen LogP contribution in [0.2, 0.25) is 5.02 Å². The predicted octanol–water partition coefficient (Wildman–Crippen LogP) is 4.20. The Morgan fingerprint density at radius 1 is 1.21 bits per heavy atom. The van der Waals surface area contributed by atoms with Gasteiger partial charge < -0.3 is 4.74 Å². The number of nitro groups is 1. The van der Waals surface area contributed by atoms with E-state index in [2.05, 4.69) is 27.6 Å². The molecule has 24 heavy (non-hydrogen) atoms. The molecule has 0 N–H and O–H groups in total. The van der Waals surface area contributed by atoms with E-state index in [0.29, 0.717) is 5.56 Å². The van der Waals surface area contributed by atoms with Crippen LogP contribution in [0.25, 0.3) is 6.08 Å². The summed E-state index contributed by atoms with van der Waals surface area (Å²) in [6.45, 7) is 0. The van der Waals surface area contributed by atoms with Gasteiger partial charge in [-0.25, -0.2) is 9.79 Å². The number of nitrogens with zero attached hydrogens (tertiary/aromatic N) is 2. The summed E-state index contributed by atoms with van der Waals surface area (Å²) < 4.78 is 6.20. The maximum absolute atomic E-state index is 12.0. The number of ether oxygens (including phenoxy) is 1. The van der Waals surface area contributed by atoms with Gasteiger partial charge in [-0.1, -0.05) is 23.7 Å². The average molecular weight is 455 g/mol. The molecule has 0 unspecified atom stereocenters. The summed E-state index contributed by atoms with van der Waals surface area (Å²) in [6.07, 6.45) is 1.60. The number of esters is 1. The second kappa shape index (κ2) is 6.70. The van der Waals surface area contributed by atoms with E-state index in [1.807, 2.05) is 24.3 Å². The van der Waals surface area contributed by atoms with Gasteiger partial charge in [-0.3, -0.25) is 10.1 Å². The summed E-state index contributed by atoms with van der Waals surface area (Å²) in [5.41, 5.74) is 1.12. The molecule has 0 aromatic heterocycles. The number of cyclic esters (lactones) is 1. The molecule has 8 heteroatoms. The molecule has 0 spiro atoms. The number of non-ortho nitro benzene ring substituents is 1. The van der Waals surface area contributed by atoms with E-state index in [4.69, 9.17) is 16.3 Å². The van der Waals surface area contributed by atoms with E-state index in [0.717, 1.165) is 9.13 Å². The number of halogens is 2. The number of rotatable bonds is 3. The minimum atomic E-state index is -0.599. The van der Waals surface area contributed by atoms with E-state index in [9.17, 15) is 14.9 Å². The fourth-order valence-electron chi connectivity index (χ4n) is 2.03. The molecule has 1 heterocycles. The molecule has 0 atom stereocenters. The fraction of sp³-hybridized carbons (Fsp3) is 0. The molecule has 0 radical (unpaired) electrons. The molecule has 0 fully saturated rings. The van der Waals surface area contributed by atoms with Crippen LogP contribution in [0.3, 0.4) is 0 Å². The van der Waals surface area contributed by atoms with E-state index in [-0.39, 0.29) is 22.3 Å². The van der Waals surface area contributed by atoms with Gasteiger partial charge in [-0.15, -0.1) is 0 Å². The molecule has 1 aliphatic rings. The van der Waals surface area contributed by atoms with E-state index >= 15 is 0 Å². The minimum Gasteiger partial charge on any atom is -0.402 e. The summed E-state index contributed by atoms with van der Waals surface area (Å²) in [5, 5.41) is 10.8. The maximum Gasteiger partial charge on any atom is 0.363 e. The molecular weight excluding hydrogens is 447 g/mol. The zero-order chi connectivity index (χ0) is 17.3. The number of nitro benzene ring substituents is 1. The summed E-state index contributed by atoms with van der Waals surface area (Å²) in [5.74, 6) is -0.574. The topological polar surface area (TPSA) is 81.8 Å². The molecule has 120 valence electrons. The van der Waals surface area contributed by atoms with E-state index in [1.54, 1.807) is 6.08 Å². The zero-order valence-electron chi connectivity index (χ0n) is 11.9. The molecule has 0 saturated carbocycles. The molecule has 2 aromatic rings. The Hall–Kier alpha value is -2.26. The number of carbonyl (C=O) groups is 1. The van der Waals surface area contributed by atoms with Gasteiger partial charge in [0.25, 0.3) is 5.69 Å². The second-order valence-electron chi connectivity index (χ2n) is 4.81. The normalized spacial score (nSPS) is 15.3. The van der Waals surface area contributed by atoms with Gasteiger partial charge >= 0.3 is 5.97 Å². The first kappa shape index (κ1) is 16.6. The first-order chi connectivity index (χ1) is 11.4. The predicted molar refractivity (Wildman–Crippen MR) is 97.9 cm³/mol. The fourth-order valence-corrected chi connectivity index (χ4v) is 2.65. The number of benzene rings is 2. The van der Waals surface area contributed by atoms with Crippen LogP contribution < -0.4 is 0 Å². The van der Waals surface area contributed by atoms with Crippen LogP contribution in [-0.4, -0.2) is 16.8 Å². The molecule has 6 nitrogen and oxygen atoms in total. The average Bonchev–Trinajstić information content (AvgIpc) is 2.90. The van der Waals surface area contributed by atoms with Gasteiger partial charge in [0, 0.05) is 15.7 Å². The Bertz CT molecular complexity index is 907. The summed E-state index contributed by atoms with van der Waals surface area (Å²) in [6, 6.07) is 11.4. The quantitative estimate of drug-likeness (QED) is 0.229. The maximum atomic E-state index is 12.0. The van der Waals surface area contributed by atoms with Crippen molar-refractivity contribution in [1.29, 1.82) is 0 Å². The summed E-state index contributed by atoms with van der Waals surface area (Å²) in [7, 11) is 0. The van der Waals surface area contributed by atoms with Crippen molar-refractivity contribution in [2.75, 3.05) is 0 Å². The van der Waals surface area contributed by atoms with Crippen molar-refractivity contribution in [3.05, 3.63) is 78.0 Å². The number of carbonyl (C=O) groups excluding carboxylic acids is 1. The number of hydrogen-bond acceptors (Lipinski definition) is 5. The highest BCUT2D eigenvalue weighted by molar-refractivity contribution is 14.1. The molecule has 3 rings (SSSR count). The van der Waals surface area contributed by atoms with Crippen LogP contribution in [0.15, 0.2) is 53.2 Å². The lowest BCUT2D eigenvalue weighted by Crippen LogP contribution is -2.06. The van der Waals surface area contributed by atoms with Gasteiger partial charge in [-0.2, -0.15) is 0 Å². The standard InChI is InChI=1S/C16H8ClIN2O4/c17-13-8-11(20(22)23)5-6-12(13)15-19-14(16(21)24-15)7-9-1-3-10(18)4-2-9/h1-8H/b14-7-. The number of aliphatic imine (C=N–C) groups is 1. The lowest BCUT2D eigenvalue weighted by Gasteiger charge is -2.02. The monoisotopic (exact) mass is 454 g/mol. The minimum absolute atomic E-state index is 0.0247. The van der Waals surface area contributed by atoms with Gasteiger partial charge in [0.05, 0.1) is 15.5 Å². The highest BCUT2D eigenvalue weighted by Crippen LogP contribution is 2.27. The third-order valence-corrected chi connectivity index (χ3v) is 4.22. The Morgan fingerprint density at radius 3 is 2.54 bits per heavy atom. The molecule has 0 amide bonds. The molecule has 0 saturated heterocycles. The van der Waals surface area contributed by atoms with Crippen molar-refractivity contribution in [2.24, 2.45) is 4.99 Å². The molecule has 1 aliphatic heterocycles. The Labute approximate surface area is 155 Å². The lowest BCUT2D eigenvalue weighted by molar-refractivity contribution is -0.384. The van der Waals surface area contributed by atoms with E-state index < -0.39 is 10.9 Å². The smallest absolute Gasteiger partial charge is 0.363 e. The van der Waals surface area contributed by atoms with Crippen molar-refractivity contribution < 1.29 is 14.5 Å². The van der Waals surface area contributed by atoms with E-state index in [1.165, 1.54) is 18.2 Å². The first-order valence-corrected chi connectivity index (χ1v) is 8.12. The second-order valence-corrected chi connectivity index (χ2v) is 6.46. The molecule has 0 bridgehead atoms. The third kappa shape index (κ3) is 3.46. The van der Waals surface area contributed by atoms with Crippen molar-refractivity contribution in [3.8, 4) is 0 Å². The third-order valence-electron chi connectivity index (χ3n) is 3.19. The SMILES string of the molecule is O=C1OC(c2ccc([N+](=O)[O-])cc2Cl)=N/C1=C\c1ccc(I)cc1. The van der Waals surface area contributed by atoms with Crippen molar-refractivity contribution >= 4 is 57.8 Å². The van der Waals surface area contributed by atoms with Gasteiger partial charge in [0.15, 0.2) is 5.70 Å². The molecule has 2 aromatic carbocycles. The van der Waals surface area contributed by atoms with Crippen molar-refractivity contribution in [1.82, 2.24) is 0 Å². The highest BCUT2D eigenvalue weighted by Gasteiger charge is 2.26. The number of hydrogen-bond donors (Lipinski definition) is 0. The van der Waals surface area contributed by atoms with Gasteiger partial charge in [0.1, 0.15) is 0 Å². The van der Waals surface area contributed by atoms with Crippen LogP contribution in [0, 0.1) is 13.7 Å². The van der Waals surface area contributed by atoms with Crippen molar-refractivity contribution in [2.45, 2.75) is 0 Å². The summed E-state index contributed by atoms with van der Waals surface area (Å²) >= 11 is 8.21. The molecular formula is C16H8ClIN2O4. The van der Waals surface area contributed by atoms with Crippen LogP contribution >= 0.6 is 34.2 Å². The Morgan fingerprint density at radius 2 is 1.92 bits per heavy atom. The molecule has 0 aliphatic carbocycles. The zero-order valence-corrected chi connectivity index (χ0v) is 14.8.